The number of piperazine rings is 1. The summed E-state index contributed by atoms with van der Waals surface area (Å²) in [5.74, 6) is 0.0849. The third kappa shape index (κ3) is 3.63. The average Bonchev–Trinajstić information content (AvgIpc) is 3.25. The number of hydrogen-bond donors (Lipinski definition) is 1. The number of carbonyl (C=O) groups excluding carboxylic acids is 2. The third-order valence-corrected chi connectivity index (χ3v) is 5.77. The SMILES string of the molecule is Cc1nc(C(=O)N2CCN(C)[C@@H](C(=O)Nc3ccc4nc(C)sc4c3)C2)co1. The lowest BCUT2D eigenvalue weighted by Crippen LogP contribution is -2.57. The number of oxazole rings is 1. The van der Waals surface area contributed by atoms with Crippen molar-refractivity contribution in [2.45, 2.75) is 19.9 Å². The Hall–Kier alpha value is -2.78. The maximum Gasteiger partial charge on any atom is 0.275 e. The van der Waals surface area contributed by atoms with Crippen LogP contribution in [0.5, 0.6) is 0 Å². The summed E-state index contributed by atoms with van der Waals surface area (Å²) >= 11 is 1.59. The van der Waals surface area contributed by atoms with E-state index in [0.717, 1.165) is 20.9 Å². The molecule has 0 saturated carbocycles. The summed E-state index contributed by atoms with van der Waals surface area (Å²) in [6.07, 6.45) is 1.36. The van der Waals surface area contributed by atoms with Crippen LogP contribution in [0, 0.1) is 13.8 Å². The number of anilines is 1. The number of fused-ring (bicyclic) bond motifs is 1. The van der Waals surface area contributed by atoms with E-state index in [4.69, 9.17) is 4.42 Å². The van der Waals surface area contributed by atoms with Crippen LogP contribution in [0.25, 0.3) is 10.2 Å². The molecule has 2 amide bonds. The molecule has 28 heavy (non-hydrogen) atoms. The van der Waals surface area contributed by atoms with Crippen LogP contribution >= 0.6 is 11.3 Å². The van der Waals surface area contributed by atoms with E-state index in [1.807, 2.05) is 37.1 Å². The minimum atomic E-state index is -0.440. The van der Waals surface area contributed by atoms with Gasteiger partial charge in [0, 0.05) is 32.2 Å². The summed E-state index contributed by atoms with van der Waals surface area (Å²) in [5.41, 5.74) is 1.92. The molecule has 8 nitrogen and oxygen atoms in total. The summed E-state index contributed by atoms with van der Waals surface area (Å²) in [4.78, 5) is 37.7. The highest BCUT2D eigenvalue weighted by molar-refractivity contribution is 7.18. The normalized spacial score (nSPS) is 17.8. The smallest absolute Gasteiger partial charge is 0.275 e. The van der Waals surface area contributed by atoms with E-state index in [0.29, 0.717) is 25.5 Å². The van der Waals surface area contributed by atoms with E-state index in [9.17, 15) is 9.59 Å². The molecule has 1 aliphatic heterocycles. The first kappa shape index (κ1) is 18.6. The number of likely N-dealkylation sites (N-methyl/N-ethyl adjacent to an activating group) is 1. The summed E-state index contributed by atoms with van der Waals surface area (Å²) in [7, 11) is 1.89. The number of nitrogens with zero attached hydrogens (tertiary/aromatic N) is 4. The van der Waals surface area contributed by atoms with Crippen molar-refractivity contribution in [1.82, 2.24) is 19.8 Å². The molecule has 2 aromatic heterocycles. The molecule has 1 aliphatic rings. The maximum atomic E-state index is 12.9. The van der Waals surface area contributed by atoms with Gasteiger partial charge in [-0.3, -0.25) is 14.5 Å². The van der Waals surface area contributed by atoms with Crippen LogP contribution in [0.15, 0.2) is 28.9 Å². The number of carbonyl (C=O) groups is 2. The highest BCUT2D eigenvalue weighted by atomic mass is 32.1. The Labute approximate surface area is 166 Å². The fraction of sp³-hybridized carbons (Fsp3) is 0.368. The molecule has 4 rings (SSSR count). The number of thiazole rings is 1. The first-order chi connectivity index (χ1) is 13.4. The Bertz CT molecular complexity index is 1040. The predicted molar refractivity (Wildman–Crippen MR) is 107 cm³/mol. The molecule has 0 aliphatic carbocycles. The van der Waals surface area contributed by atoms with Crippen molar-refractivity contribution < 1.29 is 14.0 Å². The van der Waals surface area contributed by atoms with Crippen molar-refractivity contribution in [2.24, 2.45) is 0 Å². The van der Waals surface area contributed by atoms with E-state index in [-0.39, 0.29) is 17.5 Å². The van der Waals surface area contributed by atoms with Gasteiger partial charge in [-0.25, -0.2) is 9.97 Å². The molecule has 0 spiro atoms. The van der Waals surface area contributed by atoms with Gasteiger partial charge in [-0.15, -0.1) is 11.3 Å². The molecule has 1 aromatic carbocycles. The number of hydrogen-bond acceptors (Lipinski definition) is 7. The van der Waals surface area contributed by atoms with Crippen molar-refractivity contribution in [3.8, 4) is 0 Å². The second-order valence-electron chi connectivity index (χ2n) is 6.90. The van der Waals surface area contributed by atoms with Crippen LogP contribution < -0.4 is 5.32 Å². The summed E-state index contributed by atoms with van der Waals surface area (Å²) in [5, 5.41) is 3.96. The molecule has 1 fully saturated rings. The Kier molecular flexibility index (Phi) is 4.86. The lowest BCUT2D eigenvalue weighted by Gasteiger charge is -2.38. The molecule has 3 aromatic rings. The molecule has 1 saturated heterocycles. The van der Waals surface area contributed by atoms with E-state index < -0.39 is 6.04 Å². The number of benzene rings is 1. The molecule has 9 heteroatoms. The van der Waals surface area contributed by atoms with Crippen molar-refractivity contribution in [1.29, 1.82) is 0 Å². The molecular formula is C19H21N5O3S. The van der Waals surface area contributed by atoms with Crippen LogP contribution in [0.2, 0.25) is 0 Å². The molecule has 3 heterocycles. The minimum absolute atomic E-state index is 0.142. The first-order valence-corrected chi connectivity index (χ1v) is 9.82. The first-order valence-electron chi connectivity index (χ1n) is 9.00. The van der Waals surface area contributed by atoms with Crippen molar-refractivity contribution in [3.05, 3.63) is 41.1 Å². The van der Waals surface area contributed by atoms with Crippen molar-refractivity contribution >= 4 is 39.1 Å². The van der Waals surface area contributed by atoms with Gasteiger partial charge in [-0.05, 0) is 32.2 Å². The predicted octanol–water partition coefficient (Wildman–Crippen LogP) is 2.30. The minimum Gasteiger partial charge on any atom is -0.448 e. The lowest BCUT2D eigenvalue weighted by molar-refractivity contribution is -0.122. The highest BCUT2D eigenvalue weighted by Gasteiger charge is 2.33. The van der Waals surface area contributed by atoms with Gasteiger partial charge >= 0.3 is 0 Å². The monoisotopic (exact) mass is 399 g/mol. The number of amides is 2. The Morgan fingerprint density at radius 2 is 2.07 bits per heavy atom. The molecule has 0 bridgehead atoms. The Morgan fingerprint density at radius 3 is 2.82 bits per heavy atom. The van der Waals surface area contributed by atoms with E-state index in [1.54, 1.807) is 23.2 Å². The van der Waals surface area contributed by atoms with Gasteiger partial charge in [0.1, 0.15) is 12.3 Å². The highest BCUT2D eigenvalue weighted by Crippen LogP contribution is 2.25. The van der Waals surface area contributed by atoms with Gasteiger partial charge in [0.25, 0.3) is 5.91 Å². The number of rotatable bonds is 3. The van der Waals surface area contributed by atoms with E-state index in [1.165, 1.54) is 6.26 Å². The summed E-state index contributed by atoms with van der Waals surface area (Å²) < 4.78 is 6.17. The van der Waals surface area contributed by atoms with Gasteiger partial charge < -0.3 is 14.6 Å². The topological polar surface area (TPSA) is 91.6 Å². The van der Waals surface area contributed by atoms with E-state index in [2.05, 4.69) is 15.3 Å². The fourth-order valence-corrected chi connectivity index (χ4v) is 4.17. The Morgan fingerprint density at radius 1 is 1.25 bits per heavy atom. The van der Waals surface area contributed by atoms with Crippen LogP contribution in [-0.2, 0) is 4.79 Å². The van der Waals surface area contributed by atoms with Crippen molar-refractivity contribution in [2.75, 3.05) is 32.0 Å². The lowest BCUT2D eigenvalue weighted by atomic mass is 10.1. The van der Waals surface area contributed by atoms with Gasteiger partial charge in [0.15, 0.2) is 11.6 Å². The zero-order valence-electron chi connectivity index (χ0n) is 15.9. The Balaban J connectivity index is 1.47. The molecule has 146 valence electrons. The average molecular weight is 399 g/mol. The van der Waals surface area contributed by atoms with Crippen LogP contribution in [0.1, 0.15) is 21.4 Å². The van der Waals surface area contributed by atoms with Gasteiger partial charge in [-0.1, -0.05) is 0 Å². The number of aromatic nitrogens is 2. The number of nitrogens with one attached hydrogen (secondary N) is 1. The number of aryl methyl sites for hydroxylation is 2. The van der Waals surface area contributed by atoms with E-state index >= 15 is 0 Å². The van der Waals surface area contributed by atoms with Gasteiger partial charge in [0.05, 0.1) is 15.2 Å². The second kappa shape index (κ2) is 7.33. The quantitative estimate of drug-likeness (QED) is 0.727. The molecule has 1 atom stereocenters. The standard InChI is InChI=1S/C19H21N5O3S/c1-11-20-15(10-27-11)19(26)24-7-6-23(3)16(9-24)18(25)22-13-4-5-14-17(8-13)28-12(2)21-14/h4-5,8,10,16H,6-7,9H2,1-3H3,(H,22,25)/t16-/m1/s1. The summed E-state index contributed by atoms with van der Waals surface area (Å²) in [6, 6.07) is 5.25. The van der Waals surface area contributed by atoms with Crippen LogP contribution in [-0.4, -0.2) is 64.3 Å². The molecule has 1 N–H and O–H groups in total. The fourth-order valence-electron chi connectivity index (χ4n) is 3.31. The second-order valence-corrected chi connectivity index (χ2v) is 8.14. The molecular weight excluding hydrogens is 378 g/mol. The van der Waals surface area contributed by atoms with Crippen LogP contribution in [0.4, 0.5) is 5.69 Å². The maximum absolute atomic E-state index is 12.9. The zero-order valence-corrected chi connectivity index (χ0v) is 16.7. The molecule has 0 radical (unpaired) electrons. The van der Waals surface area contributed by atoms with Gasteiger partial charge in [0.2, 0.25) is 5.91 Å². The zero-order chi connectivity index (χ0) is 19.8. The summed E-state index contributed by atoms with van der Waals surface area (Å²) in [6.45, 7) is 5.10. The van der Waals surface area contributed by atoms with Crippen LogP contribution in [0.3, 0.4) is 0 Å². The van der Waals surface area contributed by atoms with Gasteiger partial charge in [-0.2, -0.15) is 0 Å². The van der Waals surface area contributed by atoms with Crippen molar-refractivity contribution in [3.63, 3.8) is 0 Å². The largest absolute Gasteiger partial charge is 0.448 e. The third-order valence-electron chi connectivity index (χ3n) is 4.84. The molecule has 0 unspecified atom stereocenters.